The molecule has 0 aromatic heterocycles. The van der Waals surface area contributed by atoms with Crippen molar-refractivity contribution in [3.8, 4) is 0 Å². The molecular weight excluding hydrogens is 240 g/mol. The van der Waals surface area contributed by atoms with Crippen molar-refractivity contribution in [2.75, 3.05) is 18.9 Å². The first kappa shape index (κ1) is 13.9. The predicted octanol–water partition coefficient (Wildman–Crippen LogP) is 1.95. The normalized spacial score (nSPS) is 15.7. The van der Waals surface area contributed by atoms with Crippen molar-refractivity contribution in [3.05, 3.63) is 29.3 Å². The second kappa shape index (κ2) is 6.06. The van der Waals surface area contributed by atoms with Gasteiger partial charge in [-0.3, -0.25) is 4.79 Å². The summed E-state index contributed by atoms with van der Waals surface area (Å²) in [6, 6.07) is 5.69. The van der Waals surface area contributed by atoms with E-state index >= 15 is 0 Å². The highest BCUT2D eigenvalue weighted by Crippen LogP contribution is 2.26. The first-order valence-electron chi connectivity index (χ1n) is 6.92. The molecule has 0 saturated heterocycles. The van der Waals surface area contributed by atoms with E-state index in [2.05, 4.69) is 0 Å². The van der Waals surface area contributed by atoms with Crippen LogP contribution in [0.4, 0.5) is 5.69 Å². The first-order valence-corrected chi connectivity index (χ1v) is 6.92. The van der Waals surface area contributed by atoms with Crippen LogP contribution in [0.1, 0.15) is 41.6 Å². The maximum Gasteiger partial charge on any atom is 0.254 e. The molecule has 1 aromatic rings. The summed E-state index contributed by atoms with van der Waals surface area (Å²) in [6.07, 6.45) is 4.39. The molecule has 104 valence electrons. The van der Waals surface area contributed by atoms with Gasteiger partial charge in [-0.1, -0.05) is 18.9 Å². The van der Waals surface area contributed by atoms with Gasteiger partial charge in [-0.2, -0.15) is 0 Å². The van der Waals surface area contributed by atoms with Gasteiger partial charge in [0.1, 0.15) is 0 Å². The quantitative estimate of drug-likeness (QED) is 0.815. The third-order valence-corrected chi connectivity index (χ3v) is 3.97. The Balaban J connectivity index is 2.25. The fourth-order valence-electron chi connectivity index (χ4n) is 2.81. The van der Waals surface area contributed by atoms with Crippen molar-refractivity contribution < 1.29 is 9.90 Å². The Kier molecular flexibility index (Phi) is 4.43. The summed E-state index contributed by atoms with van der Waals surface area (Å²) in [5, 5.41) is 9.20. The third kappa shape index (κ3) is 2.89. The summed E-state index contributed by atoms with van der Waals surface area (Å²) in [5.41, 5.74) is 7.99. The lowest BCUT2D eigenvalue weighted by atomic mass is 10.0. The lowest BCUT2D eigenvalue weighted by Gasteiger charge is -2.29. The molecule has 3 N–H and O–H groups in total. The zero-order valence-electron chi connectivity index (χ0n) is 11.4. The topological polar surface area (TPSA) is 66.6 Å². The van der Waals surface area contributed by atoms with E-state index in [-0.39, 0.29) is 18.6 Å². The van der Waals surface area contributed by atoms with Crippen LogP contribution in [0.3, 0.4) is 0 Å². The molecule has 0 bridgehead atoms. The third-order valence-electron chi connectivity index (χ3n) is 3.97. The van der Waals surface area contributed by atoms with Gasteiger partial charge in [-0.15, -0.1) is 0 Å². The van der Waals surface area contributed by atoms with Gasteiger partial charge in [0.2, 0.25) is 0 Å². The Morgan fingerprint density at radius 2 is 2.11 bits per heavy atom. The number of aliphatic hydroxyl groups excluding tert-OH is 1. The van der Waals surface area contributed by atoms with Gasteiger partial charge in [-0.05, 0) is 37.5 Å². The van der Waals surface area contributed by atoms with E-state index in [0.29, 0.717) is 17.8 Å². The summed E-state index contributed by atoms with van der Waals surface area (Å²) in [7, 11) is 0. The van der Waals surface area contributed by atoms with E-state index in [4.69, 9.17) is 5.73 Å². The molecule has 0 aliphatic heterocycles. The van der Waals surface area contributed by atoms with Crippen LogP contribution < -0.4 is 5.73 Å². The highest BCUT2D eigenvalue weighted by Gasteiger charge is 2.27. The van der Waals surface area contributed by atoms with Crippen molar-refractivity contribution in [1.29, 1.82) is 0 Å². The van der Waals surface area contributed by atoms with Crippen LogP contribution in [0.2, 0.25) is 0 Å². The lowest BCUT2D eigenvalue weighted by Crippen LogP contribution is -2.41. The molecule has 1 saturated carbocycles. The van der Waals surface area contributed by atoms with Gasteiger partial charge in [0.25, 0.3) is 5.91 Å². The van der Waals surface area contributed by atoms with E-state index in [1.807, 2.05) is 17.9 Å². The number of nitrogens with zero attached hydrogens (tertiary/aromatic N) is 1. The van der Waals surface area contributed by atoms with Gasteiger partial charge in [0.05, 0.1) is 6.61 Å². The van der Waals surface area contributed by atoms with Gasteiger partial charge in [0, 0.05) is 23.8 Å². The Morgan fingerprint density at radius 3 is 2.74 bits per heavy atom. The van der Waals surface area contributed by atoms with Crippen LogP contribution in [0.5, 0.6) is 0 Å². The van der Waals surface area contributed by atoms with Gasteiger partial charge in [0.15, 0.2) is 0 Å². The Morgan fingerprint density at radius 1 is 1.42 bits per heavy atom. The Labute approximate surface area is 114 Å². The molecule has 2 rings (SSSR count). The SMILES string of the molecule is Cc1c(N)cccc1C(=O)N(CCO)C1CCCC1. The van der Waals surface area contributed by atoms with Crippen LogP contribution in [0, 0.1) is 6.92 Å². The standard InChI is InChI=1S/C15H22N2O2/c1-11-13(7-4-8-14(11)16)15(19)17(9-10-18)12-5-2-3-6-12/h4,7-8,12,18H,2-3,5-6,9-10,16H2,1H3. The fraction of sp³-hybridized carbons (Fsp3) is 0.533. The molecule has 1 amide bonds. The van der Waals surface area contributed by atoms with E-state index in [0.717, 1.165) is 31.2 Å². The zero-order chi connectivity index (χ0) is 13.8. The summed E-state index contributed by atoms with van der Waals surface area (Å²) in [4.78, 5) is 14.5. The van der Waals surface area contributed by atoms with Crippen molar-refractivity contribution >= 4 is 11.6 Å². The van der Waals surface area contributed by atoms with E-state index in [1.165, 1.54) is 0 Å². The van der Waals surface area contributed by atoms with Crippen molar-refractivity contribution in [2.45, 2.75) is 38.6 Å². The number of amides is 1. The minimum absolute atomic E-state index is 0.00357. The number of nitrogens with two attached hydrogens (primary N) is 1. The van der Waals surface area contributed by atoms with Crippen molar-refractivity contribution in [1.82, 2.24) is 4.90 Å². The second-order valence-electron chi connectivity index (χ2n) is 5.18. The minimum Gasteiger partial charge on any atom is -0.398 e. The molecule has 1 fully saturated rings. The van der Waals surface area contributed by atoms with Crippen molar-refractivity contribution in [2.24, 2.45) is 0 Å². The lowest BCUT2D eigenvalue weighted by molar-refractivity contribution is 0.0637. The van der Waals surface area contributed by atoms with Crippen LogP contribution in [-0.2, 0) is 0 Å². The smallest absolute Gasteiger partial charge is 0.254 e. The highest BCUT2D eigenvalue weighted by molar-refractivity contribution is 5.97. The largest absolute Gasteiger partial charge is 0.398 e. The average molecular weight is 262 g/mol. The molecule has 0 atom stereocenters. The number of rotatable bonds is 4. The number of anilines is 1. The summed E-state index contributed by atoms with van der Waals surface area (Å²) in [6.45, 7) is 2.27. The molecular formula is C15H22N2O2. The minimum atomic E-state index is -0.00856. The number of benzene rings is 1. The molecule has 4 nitrogen and oxygen atoms in total. The maximum atomic E-state index is 12.7. The predicted molar refractivity (Wildman–Crippen MR) is 76.0 cm³/mol. The van der Waals surface area contributed by atoms with E-state index in [1.54, 1.807) is 12.1 Å². The van der Waals surface area contributed by atoms with E-state index in [9.17, 15) is 9.90 Å². The molecule has 1 aliphatic carbocycles. The van der Waals surface area contributed by atoms with Crippen LogP contribution >= 0.6 is 0 Å². The second-order valence-corrected chi connectivity index (χ2v) is 5.18. The fourth-order valence-corrected chi connectivity index (χ4v) is 2.81. The van der Waals surface area contributed by atoms with Crippen LogP contribution in [0.15, 0.2) is 18.2 Å². The van der Waals surface area contributed by atoms with Crippen LogP contribution in [0.25, 0.3) is 0 Å². The molecule has 0 unspecified atom stereocenters. The number of hydrogen-bond acceptors (Lipinski definition) is 3. The first-order chi connectivity index (χ1) is 9.15. The Hall–Kier alpha value is -1.55. The van der Waals surface area contributed by atoms with Crippen molar-refractivity contribution in [3.63, 3.8) is 0 Å². The number of nitrogen functional groups attached to an aromatic ring is 1. The molecule has 1 aromatic carbocycles. The molecule has 4 heteroatoms. The van der Waals surface area contributed by atoms with Gasteiger partial charge in [-0.25, -0.2) is 0 Å². The van der Waals surface area contributed by atoms with Gasteiger partial charge >= 0.3 is 0 Å². The summed E-state index contributed by atoms with van der Waals surface area (Å²) in [5.74, 6) is -0.00856. The average Bonchev–Trinajstić information content (AvgIpc) is 2.92. The molecule has 19 heavy (non-hydrogen) atoms. The highest BCUT2D eigenvalue weighted by atomic mass is 16.3. The molecule has 1 aliphatic rings. The number of carbonyl (C=O) groups is 1. The van der Waals surface area contributed by atoms with Crippen LogP contribution in [-0.4, -0.2) is 35.1 Å². The zero-order valence-corrected chi connectivity index (χ0v) is 11.4. The van der Waals surface area contributed by atoms with E-state index < -0.39 is 0 Å². The monoisotopic (exact) mass is 262 g/mol. The Bertz CT molecular complexity index is 453. The number of aliphatic hydroxyl groups is 1. The maximum absolute atomic E-state index is 12.7. The summed E-state index contributed by atoms with van der Waals surface area (Å²) < 4.78 is 0. The summed E-state index contributed by atoms with van der Waals surface area (Å²) >= 11 is 0. The number of hydrogen-bond donors (Lipinski definition) is 2. The molecule has 0 spiro atoms. The van der Waals surface area contributed by atoms with Gasteiger partial charge < -0.3 is 15.7 Å². The molecule has 0 radical (unpaired) electrons. The number of carbonyl (C=O) groups excluding carboxylic acids is 1. The molecule has 0 heterocycles.